The van der Waals surface area contributed by atoms with Gasteiger partial charge in [0.25, 0.3) is 0 Å². The van der Waals surface area contributed by atoms with Gasteiger partial charge in [0.1, 0.15) is 12.4 Å². The molecular weight excluding hydrogens is 388 g/mol. The number of aryl methyl sites for hydroxylation is 1. The summed E-state index contributed by atoms with van der Waals surface area (Å²) in [6.07, 6.45) is 0. The van der Waals surface area contributed by atoms with Crippen molar-refractivity contribution in [3.8, 4) is 5.75 Å². The Kier molecular flexibility index (Phi) is 6.13. The molecule has 0 aliphatic rings. The molecule has 0 saturated carbocycles. The van der Waals surface area contributed by atoms with Crippen LogP contribution in [-0.2, 0) is 11.3 Å². The number of hydrogen-bond acceptors (Lipinski definition) is 5. The number of esters is 1. The van der Waals surface area contributed by atoms with Gasteiger partial charge >= 0.3 is 5.97 Å². The van der Waals surface area contributed by atoms with E-state index in [1.807, 2.05) is 79.7 Å². The molecule has 156 valence electrons. The summed E-state index contributed by atoms with van der Waals surface area (Å²) < 4.78 is 11.0. The van der Waals surface area contributed by atoms with Crippen molar-refractivity contribution in [3.63, 3.8) is 0 Å². The number of aromatic nitrogens is 1. The number of nitrogens with zero attached hydrogens (tertiary/aromatic N) is 1. The summed E-state index contributed by atoms with van der Waals surface area (Å²) in [6, 6.07) is 25.3. The Morgan fingerprint density at radius 1 is 0.968 bits per heavy atom. The van der Waals surface area contributed by atoms with Crippen molar-refractivity contribution in [3.05, 3.63) is 95.7 Å². The maximum Gasteiger partial charge on any atom is 0.338 e. The quantitative estimate of drug-likeness (QED) is 0.375. The van der Waals surface area contributed by atoms with Crippen LogP contribution in [0.3, 0.4) is 0 Å². The zero-order chi connectivity index (χ0) is 21.6. The Bertz CT molecular complexity index is 1190. The molecular formula is C26H24N2O3. The molecule has 0 unspecified atom stereocenters. The molecule has 0 spiro atoms. The molecule has 4 rings (SSSR count). The molecule has 1 aromatic heterocycles. The average molecular weight is 412 g/mol. The lowest BCUT2D eigenvalue weighted by molar-refractivity contribution is 0.0526. The highest BCUT2D eigenvalue weighted by Gasteiger charge is 2.11. The number of ether oxygens (including phenoxy) is 2. The molecule has 0 radical (unpaired) electrons. The lowest BCUT2D eigenvalue weighted by Gasteiger charge is -2.13. The van der Waals surface area contributed by atoms with E-state index in [-0.39, 0.29) is 5.97 Å². The molecule has 5 nitrogen and oxygen atoms in total. The first-order valence-electron chi connectivity index (χ1n) is 10.2. The van der Waals surface area contributed by atoms with Crippen molar-refractivity contribution in [1.29, 1.82) is 0 Å². The van der Waals surface area contributed by atoms with E-state index >= 15 is 0 Å². The first-order chi connectivity index (χ1) is 15.1. The van der Waals surface area contributed by atoms with Crippen molar-refractivity contribution in [2.45, 2.75) is 20.5 Å². The van der Waals surface area contributed by atoms with Gasteiger partial charge in [0.2, 0.25) is 0 Å². The Morgan fingerprint density at radius 2 is 1.74 bits per heavy atom. The third kappa shape index (κ3) is 5.01. The van der Waals surface area contributed by atoms with Crippen molar-refractivity contribution in [1.82, 2.24) is 4.98 Å². The van der Waals surface area contributed by atoms with Crippen LogP contribution in [0.25, 0.3) is 10.9 Å². The van der Waals surface area contributed by atoms with Gasteiger partial charge in [-0.05, 0) is 67.9 Å². The topological polar surface area (TPSA) is 60.5 Å². The third-order valence-electron chi connectivity index (χ3n) is 4.83. The molecule has 0 aliphatic carbocycles. The molecule has 0 atom stereocenters. The standard InChI is InChI=1S/C26H24N2O3/c1-3-30-26(29)20-9-14-24-23(16-20)25(15-18(2)27-24)28-21-10-12-22(13-11-21)31-17-19-7-5-4-6-8-19/h4-16H,3,17H2,1-2H3,(H,27,28). The highest BCUT2D eigenvalue weighted by atomic mass is 16.5. The summed E-state index contributed by atoms with van der Waals surface area (Å²) in [6.45, 7) is 4.61. The second-order valence-corrected chi connectivity index (χ2v) is 7.19. The van der Waals surface area contributed by atoms with Crippen LogP contribution >= 0.6 is 0 Å². The van der Waals surface area contributed by atoms with Gasteiger partial charge in [0.15, 0.2) is 0 Å². The van der Waals surface area contributed by atoms with Crippen LogP contribution in [0.4, 0.5) is 11.4 Å². The molecule has 1 heterocycles. The summed E-state index contributed by atoms with van der Waals surface area (Å²) >= 11 is 0. The van der Waals surface area contributed by atoms with Crippen molar-refractivity contribution in [2.24, 2.45) is 0 Å². The second-order valence-electron chi connectivity index (χ2n) is 7.19. The van der Waals surface area contributed by atoms with Gasteiger partial charge in [-0.1, -0.05) is 30.3 Å². The predicted octanol–water partition coefficient (Wildman–Crippen LogP) is 6.04. The highest BCUT2D eigenvalue weighted by molar-refractivity contribution is 5.99. The van der Waals surface area contributed by atoms with Gasteiger partial charge in [0, 0.05) is 22.5 Å². The van der Waals surface area contributed by atoms with Crippen LogP contribution in [0.15, 0.2) is 78.9 Å². The molecule has 0 amide bonds. The van der Waals surface area contributed by atoms with Crippen LogP contribution in [0.5, 0.6) is 5.75 Å². The molecule has 31 heavy (non-hydrogen) atoms. The Morgan fingerprint density at radius 3 is 2.48 bits per heavy atom. The number of carbonyl (C=O) groups excluding carboxylic acids is 1. The van der Waals surface area contributed by atoms with E-state index in [9.17, 15) is 4.79 Å². The Labute approximate surface area is 181 Å². The number of anilines is 2. The van der Waals surface area contributed by atoms with Crippen molar-refractivity contribution >= 4 is 28.2 Å². The number of benzene rings is 3. The molecule has 4 aromatic rings. The normalized spacial score (nSPS) is 10.6. The molecule has 5 heteroatoms. The summed E-state index contributed by atoms with van der Waals surface area (Å²) in [4.78, 5) is 16.7. The fourth-order valence-corrected chi connectivity index (χ4v) is 3.33. The molecule has 0 fully saturated rings. The lowest BCUT2D eigenvalue weighted by atomic mass is 10.1. The summed E-state index contributed by atoms with van der Waals surface area (Å²) in [5.41, 5.74) is 5.14. The number of fused-ring (bicyclic) bond motifs is 1. The second kappa shape index (κ2) is 9.30. The largest absolute Gasteiger partial charge is 0.489 e. The SMILES string of the molecule is CCOC(=O)c1ccc2nc(C)cc(Nc3ccc(OCc4ccccc4)cc3)c2c1. The molecule has 0 aliphatic heterocycles. The monoisotopic (exact) mass is 412 g/mol. The van der Waals surface area contributed by atoms with E-state index in [4.69, 9.17) is 9.47 Å². The van der Waals surface area contributed by atoms with E-state index in [0.29, 0.717) is 18.8 Å². The first kappa shape index (κ1) is 20.4. The Hall–Kier alpha value is -3.86. The molecule has 0 bridgehead atoms. The zero-order valence-electron chi connectivity index (χ0n) is 17.6. The van der Waals surface area contributed by atoms with E-state index in [0.717, 1.165) is 39.3 Å². The molecule has 3 aromatic carbocycles. The smallest absolute Gasteiger partial charge is 0.338 e. The minimum atomic E-state index is -0.337. The van der Waals surface area contributed by atoms with Crippen molar-refractivity contribution in [2.75, 3.05) is 11.9 Å². The number of rotatable bonds is 7. The minimum Gasteiger partial charge on any atom is -0.489 e. The summed E-state index contributed by atoms with van der Waals surface area (Å²) in [5, 5.41) is 4.30. The van der Waals surface area contributed by atoms with Gasteiger partial charge in [-0.25, -0.2) is 4.79 Å². The fraction of sp³-hybridized carbons (Fsp3) is 0.154. The van der Waals surface area contributed by atoms with Crippen LogP contribution in [0.2, 0.25) is 0 Å². The minimum absolute atomic E-state index is 0.337. The van der Waals surface area contributed by atoms with Crippen LogP contribution in [0.1, 0.15) is 28.5 Å². The van der Waals surface area contributed by atoms with Gasteiger partial charge in [-0.3, -0.25) is 4.98 Å². The van der Waals surface area contributed by atoms with E-state index < -0.39 is 0 Å². The van der Waals surface area contributed by atoms with Gasteiger partial charge in [-0.15, -0.1) is 0 Å². The summed E-state index contributed by atoms with van der Waals surface area (Å²) in [5.74, 6) is 0.464. The fourth-order valence-electron chi connectivity index (χ4n) is 3.33. The highest BCUT2D eigenvalue weighted by Crippen LogP contribution is 2.28. The van der Waals surface area contributed by atoms with E-state index in [1.54, 1.807) is 13.0 Å². The maximum atomic E-state index is 12.1. The summed E-state index contributed by atoms with van der Waals surface area (Å²) in [7, 11) is 0. The van der Waals surface area contributed by atoms with Crippen LogP contribution < -0.4 is 10.1 Å². The van der Waals surface area contributed by atoms with E-state index in [1.165, 1.54) is 0 Å². The number of pyridine rings is 1. The lowest BCUT2D eigenvalue weighted by Crippen LogP contribution is -2.05. The number of nitrogens with one attached hydrogen (secondary N) is 1. The van der Waals surface area contributed by atoms with Crippen molar-refractivity contribution < 1.29 is 14.3 Å². The number of hydrogen-bond donors (Lipinski definition) is 1. The van der Waals surface area contributed by atoms with Gasteiger partial charge in [-0.2, -0.15) is 0 Å². The van der Waals surface area contributed by atoms with Crippen LogP contribution in [-0.4, -0.2) is 17.6 Å². The molecule has 1 N–H and O–H groups in total. The van der Waals surface area contributed by atoms with Crippen LogP contribution in [0, 0.1) is 6.92 Å². The molecule has 0 saturated heterocycles. The maximum absolute atomic E-state index is 12.1. The first-order valence-corrected chi connectivity index (χ1v) is 10.2. The number of carbonyl (C=O) groups is 1. The predicted molar refractivity (Wildman–Crippen MR) is 123 cm³/mol. The van der Waals surface area contributed by atoms with E-state index in [2.05, 4.69) is 10.3 Å². The Balaban J connectivity index is 1.54. The van der Waals surface area contributed by atoms with Gasteiger partial charge in [0.05, 0.1) is 17.7 Å². The zero-order valence-corrected chi connectivity index (χ0v) is 17.6. The average Bonchev–Trinajstić information content (AvgIpc) is 2.79. The third-order valence-corrected chi connectivity index (χ3v) is 4.83. The van der Waals surface area contributed by atoms with Gasteiger partial charge < -0.3 is 14.8 Å².